The van der Waals surface area contributed by atoms with Crippen molar-refractivity contribution in [3.63, 3.8) is 0 Å². The van der Waals surface area contributed by atoms with E-state index in [0.717, 1.165) is 36.9 Å². The summed E-state index contributed by atoms with van der Waals surface area (Å²) in [4.78, 5) is 30.6. The van der Waals surface area contributed by atoms with Crippen molar-refractivity contribution in [3.8, 4) is 5.88 Å². The summed E-state index contributed by atoms with van der Waals surface area (Å²) in [6.45, 7) is 1.08. The second-order valence-corrected chi connectivity index (χ2v) is 10.1. The van der Waals surface area contributed by atoms with Gasteiger partial charge in [0.2, 0.25) is 5.88 Å². The normalized spacial score (nSPS) is 27.5. The fourth-order valence-corrected chi connectivity index (χ4v) is 5.79. The number of nitrogens with one attached hydrogen (secondary N) is 1. The Morgan fingerprint density at radius 3 is 2.74 bits per heavy atom. The molecule has 0 aromatic carbocycles. The van der Waals surface area contributed by atoms with E-state index in [0.29, 0.717) is 30.6 Å². The van der Waals surface area contributed by atoms with Gasteiger partial charge in [-0.1, -0.05) is 0 Å². The third-order valence-corrected chi connectivity index (χ3v) is 7.57. The van der Waals surface area contributed by atoms with Crippen LogP contribution in [-0.4, -0.2) is 57.8 Å². The van der Waals surface area contributed by atoms with Crippen LogP contribution in [0.2, 0.25) is 0 Å². The molecule has 2 saturated carbocycles. The summed E-state index contributed by atoms with van der Waals surface area (Å²) in [5.41, 5.74) is 8.03. The number of nitrogens with zero attached hydrogens (tertiary/aromatic N) is 4. The molecule has 2 amide bonds. The molecule has 3 aromatic heterocycles. The predicted octanol–water partition coefficient (Wildman–Crippen LogP) is 2.50. The Labute approximate surface area is 201 Å². The number of rotatable bonds is 6. The molecule has 0 radical (unpaired) electrons. The largest absolute Gasteiger partial charge is 0.474 e. The van der Waals surface area contributed by atoms with Crippen LogP contribution in [0.4, 0.5) is 10.1 Å². The minimum Gasteiger partial charge on any atom is -0.474 e. The van der Waals surface area contributed by atoms with Crippen molar-refractivity contribution in [2.75, 3.05) is 18.0 Å². The van der Waals surface area contributed by atoms with E-state index in [1.165, 1.54) is 0 Å². The van der Waals surface area contributed by atoms with E-state index in [9.17, 15) is 14.0 Å². The average Bonchev–Trinajstić information content (AvgIpc) is 3.42. The van der Waals surface area contributed by atoms with Crippen molar-refractivity contribution in [3.05, 3.63) is 54.0 Å². The molecule has 35 heavy (non-hydrogen) atoms. The molecule has 1 atom stereocenters. The number of aromatic nitrogens is 3. The molecule has 0 bridgehead atoms. The van der Waals surface area contributed by atoms with Gasteiger partial charge in [-0.3, -0.25) is 9.59 Å². The SMILES string of the molecule is NC(=O)c1cccnc1OC1CC2(CC(NC(=O)c3cnn4cc(N5CC[C@@H](F)C5)ccc34)C2)C1. The molecule has 2 aliphatic carbocycles. The molecule has 10 heteroatoms. The van der Waals surface area contributed by atoms with Crippen LogP contribution < -0.4 is 20.7 Å². The minimum atomic E-state index is -0.796. The number of carbonyl (C=O) groups excluding carboxylic acids is 2. The van der Waals surface area contributed by atoms with Gasteiger partial charge in [0, 0.05) is 25.3 Å². The van der Waals surface area contributed by atoms with Crippen molar-refractivity contribution < 1.29 is 18.7 Å². The van der Waals surface area contributed by atoms with Crippen molar-refractivity contribution in [1.82, 2.24) is 19.9 Å². The number of hydrogen-bond donors (Lipinski definition) is 2. The third kappa shape index (κ3) is 3.96. The summed E-state index contributed by atoms with van der Waals surface area (Å²) in [6, 6.07) is 7.17. The molecule has 1 aliphatic heterocycles. The van der Waals surface area contributed by atoms with Crippen LogP contribution in [0, 0.1) is 5.41 Å². The average molecular weight is 479 g/mol. The lowest BCUT2D eigenvalue weighted by Crippen LogP contribution is -2.58. The van der Waals surface area contributed by atoms with Gasteiger partial charge in [0.15, 0.2) is 0 Å². The number of fused-ring (bicyclic) bond motifs is 1. The summed E-state index contributed by atoms with van der Waals surface area (Å²) in [6.07, 6.45) is 8.28. The monoisotopic (exact) mass is 478 g/mol. The zero-order chi connectivity index (χ0) is 24.2. The molecule has 3 fully saturated rings. The number of alkyl halides is 1. The van der Waals surface area contributed by atoms with E-state index in [2.05, 4.69) is 15.4 Å². The highest BCUT2D eigenvalue weighted by molar-refractivity contribution is 6.01. The summed E-state index contributed by atoms with van der Waals surface area (Å²) in [5, 5.41) is 7.48. The Balaban J connectivity index is 1.03. The van der Waals surface area contributed by atoms with Gasteiger partial charge in [-0.05, 0) is 61.8 Å². The molecule has 3 aromatic rings. The van der Waals surface area contributed by atoms with E-state index >= 15 is 0 Å². The molecule has 3 aliphatic rings. The number of nitrogens with two attached hydrogens (primary N) is 1. The van der Waals surface area contributed by atoms with Gasteiger partial charge in [0.1, 0.15) is 17.8 Å². The zero-order valence-corrected chi connectivity index (χ0v) is 19.2. The van der Waals surface area contributed by atoms with Crippen molar-refractivity contribution >= 4 is 23.0 Å². The van der Waals surface area contributed by atoms with Crippen LogP contribution in [0.15, 0.2) is 42.9 Å². The van der Waals surface area contributed by atoms with Gasteiger partial charge >= 0.3 is 0 Å². The van der Waals surface area contributed by atoms with E-state index in [1.54, 1.807) is 29.0 Å². The van der Waals surface area contributed by atoms with E-state index in [-0.39, 0.29) is 29.3 Å². The van der Waals surface area contributed by atoms with Crippen LogP contribution in [0.1, 0.15) is 52.8 Å². The lowest BCUT2D eigenvalue weighted by atomic mass is 9.53. The van der Waals surface area contributed by atoms with Gasteiger partial charge in [-0.25, -0.2) is 13.9 Å². The minimum absolute atomic E-state index is 0.00301. The van der Waals surface area contributed by atoms with Crippen LogP contribution >= 0.6 is 0 Å². The second-order valence-electron chi connectivity index (χ2n) is 10.1. The van der Waals surface area contributed by atoms with Crippen molar-refractivity contribution in [2.45, 2.75) is 50.4 Å². The Morgan fingerprint density at radius 1 is 1.17 bits per heavy atom. The molecule has 4 heterocycles. The number of ether oxygens (including phenoxy) is 1. The number of pyridine rings is 2. The highest BCUT2D eigenvalue weighted by Crippen LogP contribution is 2.56. The van der Waals surface area contributed by atoms with E-state index in [4.69, 9.17) is 10.5 Å². The Bertz CT molecular complexity index is 1300. The van der Waals surface area contributed by atoms with E-state index in [1.807, 2.05) is 23.2 Å². The first-order chi connectivity index (χ1) is 16.9. The fourth-order valence-electron chi connectivity index (χ4n) is 5.79. The van der Waals surface area contributed by atoms with Gasteiger partial charge < -0.3 is 20.7 Å². The van der Waals surface area contributed by atoms with Crippen LogP contribution in [-0.2, 0) is 0 Å². The summed E-state index contributed by atoms with van der Waals surface area (Å²) < 4.78 is 21.1. The number of anilines is 1. The topological polar surface area (TPSA) is 115 Å². The number of halogens is 1. The second kappa shape index (κ2) is 8.21. The summed E-state index contributed by atoms with van der Waals surface area (Å²) in [5.74, 6) is -0.402. The van der Waals surface area contributed by atoms with E-state index < -0.39 is 12.1 Å². The first-order valence-electron chi connectivity index (χ1n) is 12.0. The number of primary amides is 1. The quantitative estimate of drug-likeness (QED) is 0.563. The Kier molecular flexibility index (Phi) is 5.12. The number of carbonyl (C=O) groups is 2. The predicted molar refractivity (Wildman–Crippen MR) is 126 cm³/mol. The van der Waals surface area contributed by atoms with Gasteiger partial charge in [0.05, 0.1) is 29.2 Å². The molecule has 1 saturated heterocycles. The molecule has 6 rings (SSSR count). The van der Waals surface area contributed by atoms with Crippen LogP contribution in [0.5, 0.6) is 5.88 Å². The highest BCUT2D eigenvalue weighted by atomic mass is 19.1. The van der Waals surface area contributed by atoms with Gasteiger partial charge in [0.25, 0.3) is 11.8 Å². The lowest BCUT2D eigenvalue weighted by molar-refractivity contribution is -0.0848. The lowest BCUT2D eigenvalue weighted by Gasteiger charge is -2.57. The van der Waals surface area contributed by atoms with Gasteiger partial charge in [-0.2, -0.15) is 5.10 Å². The zero-order valence-electron chi connectivity index (χ0n) is 19.2. The van der Waals surface area contributed by atoms with Crippen LogP contribution in [0.3, 0.4) is 0 Å². The maximum atomic E-state index is 13.5. The molecule has 1 spiro atoms. The summed E-state index contributed by atoms with van der Waals surface area (Å²) in [7, 11) is 0. The highest BCUT2D eigenvalue weighted by Gasteiger charge is 2.54. The van der Waals surface area contributed by atoms with Crippen molar-refractivity contribution in [1.29, 1.82) is 0 Å². The molecular formula is C25H27FN6O3. The maximum absolute atomic E-state index is 13.5. The van der Waals surface area contributed by atoms with Gasteiger partial charge in [-0.15, -0.1) is 0 Å². The molecule has 0 unspecified atom stereocenters. The van der Waals surface area contributed by atoms with Crippen LogP contribution in [0.25, 0.3) is 5.52 Å². The number of amides is 2. The number of hydrogen-bond acceptors (Lipinski definition) is 6. The smallest absolute Gasteiger partial charge is 0.255 e. The fraction of sp³-hybridized carbons (Fsp3) is 0.440. The summed E-state index contributed by atoms with van der Waals surface area (Å²) >= 11 is 0. The standard InChI is InChI=1S/C25H27FN6O3/c26-15-5-7-31(13-15)17-3-4-21-20(12-29-32(21)14-17)23(34)30-16-8-25(9-16)10-18(11-25)35-24-19(22(27)33)2-1-6-28-24/h1-4,6,12,14-16,18H,5,7-11,13H2,(H2,27,33)(H,30,34)/t15-,16?,18?,25?/m1/s1. The molecule has 9 nitrogen and oxygen atoms in total. The molecule has 3 N–H and O–H groups in total. The Morgan fingerprint density at radius 2 is 2.00 bits per heavy atom. The molecule has 182 valence electrons. The maximum Gasteiger partial charge on any atom is 0.255 e. The molecular weight excluding hydrogens is 451 g/mol. The Hall–Kier alpha value is -3.69. The first-order valence-corrected chi connectivity index (χ1v) is 12.0. The first kappa shape index (κ1) is 21.8. The third-order valence-electron chi connectivity index (χ3n) is 7.57. The van der Waals surface area contributed by atoms with Crippen molar-refractivity contribution in [2.24, 2.45) is 11.1 Å².